The van der Waals surface area contributed by atoms with Gasteiger partial charge in [-0.15, -0.1) is 0 Å². The number of aromatic nitrogens is 1. The SMILES string of the molecule is CCn1cc(C(=O)N2CCCCCC2)c(=O)c2cc(S(=O)(=O)N3C[C@@H](C)C[C@H](C)C3)ccc21. The molecule has 1 aromatic carbocycles. The van der Waals surface area contributed by atoms with E-state index < -0.39 is 10.0 Å². The quantitative estimate of drug-likeness (QED) is 0.678. The molecule has 2 atom stereocenters. The van der Waals surface area contributed by atoms with Crippen LogP contribution in [-0.2, 0) is 16.6 Å². The lowest BCUT2D eigenvalue weighted by Crippen LogP contribution is -2.42. The molecule has 8 heteroatoms. The van der Waals surface area contributed by atoms with E-state index in [1.165, 1.54) is 10.4 Å². The third-order valence-electron chi connectivity index (χ3n) is 6.99. The molecule has 0 aliphatic carbocycles. The first kappa shape index (κ1) is 24.0. The number of carbonyl (C=O) groups is 1. The Morgan fingerprint density at radius 2 is 1.67 bits per heavy atom. The van der Waals surface area contributed by atoms with Crippen LogP contribution in [0.15, 0.2) is 34.1 Å². The summed E-state index contributed by atoms with van der Waals surface area (Å²) < 4.78 is 30.3. The van der Waals surface area contributed by atoms with Crippen molar-refractivity contribution in [3.05, 3.63) is 40.2 Å². The van der Waals surface area contributed by atoms with Crippen LogP contribution in [0.4, 0.5) is 0 Å². The molecule has 0 radical (unpaired) electrons. The lowest BCUT2D eigenvalue weighted by Gasteiger charge is -2.34. The first-order chi connectivity index (χ1) is 15.7. The smallest absolute Gasteiger partial charge is 0.259 e. The maximum Gasteiger partial charge on any atom is 0.259 e. The summed E-state index contributed by atoms with van der Waals surface area (Å²) in [5.74, 6) is 0.330. The van der Waals surface area contributed by atoms with Crippen LogP contribution in [0.3, 0.4) is 0 Å². The van der Waals surface area contributed by atoms with Gasteiger partial charge in [0.05, 0.1) is 10.4 Å². The molecule has 2 saturated heterocycles. The number of aryl methyl sites for hydroxylation is 1. The lowest BCUT2D eigenvalue weighted by molar-refractivity contribution is 0.0759. The minimum absolute atomic E-state index is 0.121. The Labute approximate surface area is 196 Å². The van der Waals surface area contributed by atoms with Crippen LogP contribution < -0.4 is 5.43 Å². The maximum absolute atomic E-state index is 13.5. The summed E-state index contributed by atoms with van der Waals surface area (Å²) in [4.78, 5) is 28.6. The molecule has 7 nitrogen and oxygen atoms in total. The number of nitrogens with zero attached hydrogens (tertiary/aromatic N) is 3. The zero-order valence-corrected chi connectivity index (χ0v) is 20.7. The predicted octanol–water partition coefficient (Wildman–Crippen LogP) is 3.70. The molecule has 0 spiro atoms. The summed E-state index contributed by atoms with van der Waals surface area (Å²) in [5, 5.41) is 0.289. The van der Waals surface area contributed by atoms with E-state index in [4.69, 9.17) is 0 Å². The van der Waals surface area contributed by atoms with Gasteiger partial charge >= 0.3 is 0 Å². The topological polar surface area (TPSA) is 79.7 Å². The van der Waals surface area contributed by atoms with Crippen LogP contribution in [0.1, 0.15) is 63.2 Å². The highest BCUT2D eigenvalue weighted by Crippen LogP contribution is 2.28. The fourth-order valence-electron chi connectivity index (χ4n) is 5.35. The number of fused-ring (bicyclic) bond motifs is 1. The van der Waals surface area contributed by atoms with Gasteiger partial charge in [0, 0.05) is 44.3 Å². The summed E-state index contributed by atoms with van der Waals surface area (Å²) in [6, 6.07) is 4.76. The predicted molar refractivity (Wildman–Crippen MR) is 130 cm³/mol. The molecule has 0 bridgehead atoms. The first-order valence-corrected chi connectivity index (χ1v) is 13.6. The maximum atomic E-state index is 13.5. The van der Waals surface area contributed by atoms with Gasteiger partial charge < -0.3 is 9.47 Å². The van der Waals surface area contributed by atoms with Crippen molar-refractivity contribution < 1.29 is 13.2 Å². The van der Waals surface area contributed by atoms with Gasteiger partial charge in [0.15, 0.2) is 0 Å². The highest BCUT2D eigenvalue weighted by atomic mass is 32.2. The lowest BCUT2D eigenvalue weighted by atomic mass is 9.94. The van der Waals surface area contributed by atoms with Crippen molar-refractivity contribution in [1.82, 2.24) is 13.8 Å². The minimum atomic E-state index is -3.72. The van der Waals surface area contributed by atoms with Gasteiger partial charge in [-0.3, -0.25) is 9.59 Å². The number of piperidine rings is 1. The molecular formula is C25H35N3O4S. The molecule has 0 saturated carbocycles. The second-order valence-electron chi connectivity index (χ2n) is 9.81. The Hall–Kier alpha value is -2.19. The Balaban J connectivity index is 1.78. The Morgan fingerprint density at radius 3 is 2.27 bits per heavy atom. The van der Waals surface area contributed by atoms with Crippen LogP contribution in [0.2, 0.25) is 0 Å². The fraction of sp³-hybridized carbons (Fsp3) is 0.600. The van der Waals surface area contributed by atoms with Crippen LogP contribution >= 0.6 is 0 Å². The van der Waals surface area contributed by atoms with E-state index in [1.54, 1.807) is 23.2 Å². The summed E-state index contributed by atoms with van der Waals surface area (Å²) in [5.41, 5.74) is 0.386. The number of carbonyl (C=O) groups excluding carboxylic acids is 1. The molecule has 2 aromatic rings. The highest BCUT2D eigenvalue weighted by Gasteiger charge is 2.32. The Morgan fingerprint density at radius 1 is 1.03 bits per heavy atom. The first-order valence-electron chi connectivity index (χ1n) is 12.2. The number of pyridine rings is 1. The minimum Gasteiger partial charge on any atom is -0.347 e. The highest BCUT2D eigenvalue weighted by molar-refractivity contribution is 7.89. The monoisotopic (exact) mass is 473 g/mol. The van der Waals surface area contributed by atoms with E-state index >= 15 is 0 Å². The van der Waals surface area contributed by atoms with Crippen molar-refractivity contribution in [3.8, 4) is 0 Å². The van der Waals surface area contributed by atoms with Crippen molar-refractivity contribution >= 4 is 26.8 Å². The van der Waals surface area contributed by atoms with Gasteiger partial charge in [0.1, 0.15) is 5.56 Å². The van der Waals surface area contributed by atoms with E-state index in [1.807, 2.05) is 11.5 Å². The summed E-state index contributed by atoms with van der Waals surface area (Å²) in [6.07, 6.45) is 6.71. The number of likely N-dealkylation sites (tertiary alicyclic amines) is 1. The van der Waals surface area contributed by atoms with E-state index in [9.17, 15) is 18.0 Å². The van der Waals surface area contributed by atoms with Crippen molar-refractivity contribution in [2.45, 2.75) is 64.3 Å². The van der Waals surface area contributed by atoms with Gasteiger partial charge in [-0.25, -0.2) is 8.42 Å². The second kappa shape index (κ2) is 9.58. The molecule has 2 aliphatic heterocycles. The molecule has 2 aliphatic rings. The number of sulfonamides is 1. The molecule has 1 amide bonds. The van der Waals surface area contributed by atoms with E-state index in [0.29, 0.717) is 50.1 Å². The van der Waals surface area contributed by atoms with E-state index in [0.717, 1.165) is 32.1 Å². The standard InChI is InChI=1S/C25H35N3O4S/c1-4-26-17-22(25(30)27-11-7-5-6-8-12-27)24(29)21-14-20(9-10-23(21)26)33(31,32)28-15-18(2)13-19(3)16-28/h9-10,14,17-19H,4-8,11-13,15-16H2,1-3H3/t18-,19-/m0/s1. The molecule has 0 N–H and O–H groups in total. The third-order valence-corrected chi connectivity index (χ3v) is 8.82. The average molecular weight is 474 g/mol. The number of benzene rings is 1. The van der Waals surface area contributed by atoms with Crippen LogP contribution in [0, 0.1) is 11.8 Å². The van der Waals surface area contributed by atoms with Gasteiger partial charge in [0.25, 0.3) is 5.91 Å². The number of hydrogen-bond acceptors (Lipinski definition) is 4. The molecular weight excluding hydrogens is 438 g/mol. The van der Waals surface area contributed by atoms with Crippen molar-refractivity contribution in [2.24, 2.45) is 11.8 Å². The van der Waals surface area contributed by atoms with Gasteiger partial charge in [-0.1, -0.05) is 26.7 Å². The van der Waals surface area contributed by atoms with Crippen LogP contribution in [-0.4, -0.2) is 54.3 Å². The molecule has 33 heavy (non-hydrogen) atoms. The zero-order chi connectivity index (χ0) is 23.8. The number of hydrogen-bond donors (Lipinski definition) is 0. The van der Waals surface area contributed by atoms with Crippen molar-refractivity contribution in [3.63, 3.8) is 0 Å². The largest absolute Gasteiger partial charge is 0.347 e. The number of amides is 1. The number of rotatable bonds is 4. The Kier molecular flexibility index (Phi) is 6.96. The molecule has 4 rings (SSSR count). The zero-order valence-electron chi connectivity index (χ0n) is 19.9. The van der Waals surface area contributed by atoms with Crippen molar-refractivity contribution in [1.29, 1.82) is 0 Å². The van der Waals surface area contributed by atoms with Gasteiger partial charge in [-0.05, 0) is 56.2 Å². The fourth-order valence-corrected chi connectivity index (χ4v) is 7.05. The molecule has 2 fully saturated rings. The summed E-state index contributed by atoms with van der Waals surface area (Å²) in [7, 11) is -3.72. The molecule has 180 valence electrons. The third kappa shape index (κ3) is 4.73. The van der Waals surface area contributed by atoms with Crippen LogP contribution in [0.25, 0.3) is 10.9 Å². The van der Waals surface area contributed by atoms with Crippen molar-refractivity contribution in [2.75, 3.05) is 26.2 Å². The summed E-state index contributed by atoms with van der Waals surface area (Å²) in [6.45, 7) is 8.94. The van der Waals surface area contributed by atoms with Gasteiger partial charge in [0.2, 0.25) is 15.5 Å². The molecule has 1 aromatic heterocycles. The van der Waals surface area contributed by atoms with E-state index in [-0.39, 0.29) is 27.2 Å². The Bertz CT molecular complexity index is 1190. The second-order valence-corrected chi connectivity index (χ2v) is 11.7. The molecule has 3 heterocycles. The molecule has 0 unspecified atom stereocenters. The van der Waals surface area contributed by atoms with Crippen LogP contribution in [0.5, 0.6) is 0 Å². The van der Waals surface area contributed by atoms with E-state index in [2.05, 4.69) is 13.8 Å². The van der Waals surface area contributed by atoms with Gasteiger partial charge in [-0.2, -0.15) is 4.31 Å². The summed E-state index contributed by atoms with van der Waals surface area (Å²) >= 11 is 0. The average Bonchev–Trinajstić information content (AvgIpc) is 3.08. The normalized spacial score (nSPS) is 22.9.